The van der Waals surface area contributed by atoms with E-state index in [1.165, 1.54) is 0 Å². The monoisotopic (exact) mass is 258 g/mol. The van der Waals surface area contributed by atoms with E-state index >= 15 is 0 Å². The summed E-state index contributed by atoms with van der Waals surface area (Å²) in [5.41, 5.74) is 0.973. The Hall–Kier alpha value is -2.27. The van der Waals surface area contributed by atoms with Crippen LogP contribution in [0.3, 0.4) is 0 Å². The van der Waals surface area contributed by atoms with Crippen LogP contribution in [-0.2, 0) is 6.54 Å². The molecule has 2 heterocycles. The molecule has 5 nitrogen and oxygen atoms in total. The second-order valence-electron chi connectivity index (χ2n) is 4.13. The zero-order chi connectivity index (χ0) is 13.1. The lowest BCUT2D eigenvalue weighted by Crippen LogP contribution is -2.06. The van der Waals surface area contributed by atoms with Crippen molar-refractivity contribution in [1.82, 2.24) is 10.3 Å². The number of rotatable bonds is 4. The zero-order valence-corrected chi connectivity index (χ0v) is 10.6. The maximum atomic E-state index is 5.72. The fraction of sp³-hybridized carbons (Fsp3) is 0.214. The van der Waals surface area contributed by atoms with Gasteiger partial charge in [0.15, 0.2) is 11.5 Å². The lowest BCUT2D eigenvalue weighted by molar-refractivity contribution is 0.174. The molecule has 1 aromatic carbocycles. The van der Waals surface area contributed by atoms with Gasteiger partial charge in [-0.1, -0.05) is 0 Å². The first-order chi connectivity index (χ1) is 9.35. The topological polar surface area (TPSA) is 52.6 Å². The maximum Gasteiger partial charge on any atom is 0.231 e. The Bertz CT molecular complexity index is 569. The molecular formula is C14H14N2O3. The maximum absolute atomic E-state index is 5.72. The summed E-state index contributed by atoms with van der Waals surface area (Å²) in [4.78, 5) is 4.29. The summed E-state index contributed by atoms with van der Waals surface area (Å²) in [7, 11) is 1.89. The smallest absolute Gasteiger partial charge is 0.231 e. The van der Waals surface area contributed by atoms with E-state index in [0.29, 0.717) is 17.2 Å². The summed E-state index contributed by atoms with van der Waals surface area (Å²) >= 11 is 0. The predicted octanol–water partition coefficient (Wildman–Crippen LogP) is 2.32. The average molecular weight is 258 g/mol. The van der Waals surface area contributed by atoms with Crippen molar-refractivity contribution >= 4 is 0 Å². The number of aromatic nitrogens is 1. The molecule has 0 saturated heterocycles. The summed E-state index contributed by atoms with van der Waals surface area (Å²) in [5.74, 6) is 2.85. The molecular weight excluding hydrogens is 244 g/mol. The molecule has 0 saturated carbocycles. The summed E-state index contributed by atoms with van der Waals surface area (Å²) in [6.45, 7) is 1.00. The van der Waals surface area contributed by atoms with Gasteiger partial charge in [-0.15, -0.1) is 0 Å². The lowest BCUT2D eigenvalue weighted by Gasteiger charge is -2.07. The SMILES string of the molecule is CNCc1ccc(Oc2ccc3c(c2)OCO3)cn1. The van der Waals surface area contributed by atoms with Crippen LogP contribution in [0.2, 0.25) is 0 Å². The zero-order valence-electron chi connectivity index (χ0n) is 10.6. The van der Waals surface area contributed by atoms with Crippen LogP contribution >= 0.6 is 0 Å². The van der Waals surface area contributed by atoms with Crippen LogP contribution in [0.25, 0.3) is 0 Å². The first-order valence-corrected chi connectivity index (χ1v) is 6.02. The number of ether oxygens (including phenoxy) is 3. The standard InChI is InChI=1S/C14H14N2O3/c1-15-7-10-2-3-12(8-16-10)19-11-4-5-13-14(6-11)18-9-17-13/h2-6,8,15H,7,9H2,1H3. The van der Waals surface area contributed by atoms with E-state index in [0.717, 1.165) is 18.0 Å². The van der Waals surface area contributed by atoms with Crippen LogP contribution in [0, 0.1) is 0 Å². The minimum absolute atomic E-state index is 0.263. The molecule has 1 aliphatic rings. The molecule has 0 unspecified atom stereocenters. The van der Waals surface area contributed by atoms with Gasteiger partial charge in [-0.2, -0.15) is 0 Å². The van der Waals surface area contributed by atoms with Crippen LogP contribution in [0.15, 0.2) is 36.5 Å². The van der Waals surface area contributed by atoms with Crippen LogP contribution in [0.4, 0.5) is 0 Å². The Kier molecular flexibility index (Phi) is 3.20. The highest BCUT2D eigenvalue weighted by Gasteiger charge is 2.13. The van der Waals surface area contributed by atoms with Crippen molar-refractivity contribution in [1.29, 1.82) is 0 Å². The first-order valence-electron chi connectivity index (χ1n) is 6.02. The molecule has 3 rings (SSSR count). The van der Waals surface area contributed by atoms with E-state index in [1.54, 1.807) is 6.20 Å². The van der Waals surface area contributed by atoms with Gasteiger partial charge in [0.2, 0.25) is 6.79 Å². The van der Waals surface area contributed by atoms with Crippen molar-refractivity contribution in [2.75, 3.05) is 13.8 Å². The first kappa shape index (κ1) is 11.8. The summed E-state index contributed by atoms with van der Waals surface area (Å²) in [5, 5.41) is 3.05. The van der Waals surface area contributed by atoms with Crippen molar-refractivity contribution in [3.8, 4) is 23.0 Å². The van der Waals surface area contributed by atoms with Crippen molar-refractivity contribution in [2.45, 2.75) is 6.54 Å². The van der Waals surface area contributed by atoms with Gasteiger partial charge in [0.05, 0.1) is 11.9 Å². The van der Waals surface area contributed by atoms with Gasteiger partial charge >= 0.3 is 0 Å². The number of benzene rings is 1. The molecule has 19 heavy (non-hydrogen) atoms. The number of hydrogen-bond acceptors (Lipinski definition) is 5. The second kappa shape index (κ2) is 5.16. The molecule has 0 radical (unpaired) electrons. The fourth-order valence-corrected chi connectivity index (χ4v) is 1.83. The molecule has 2 aromatic rings. The van der Waals surface area contributed by atoms with Gasteiger partial charge < -0.3 is 19.5 Å². The van der Waals surface area contributed by atoms with Crippen LogP contribution in [0.5, 0.6) is 23.0 Å². The number of nitrogens with one attached hydrogen (secondary N) is 1. The van der Waals surface area contributed by atoms with Crippen molar-refractivity contribution < 1.29 is 14.2 Å². The highest BCUT2D eigenvalue weighted by molar-refractivity contribution is 5.47. The third-order valence-electron chi connectivity index (χ3n) is 2.74. The summed E-state index contributed by atoms with van der Waals surface area (Å²) in [6, 6.07) is 9.31. The summed E-state index contributed by atoms with van der Waals surface area (Å²) < 4.78 is 16.3. The van der Waals surface area contributed by atoms with Crippen molar-refractivity contribution in [3.63, 3.8) is 0 Å². The molecule has 5 heteroatoms. The molecule has 0 atom stereocenters. The second-order valence-corrected chi connectivity index (χ2v) is 4.13. The van der Waals surface area contributed by atoms with Gasteiger partial charge in [-0.3, -0.25) is 4.98 Å². The predicted molar refractivity (Wildman–Crippen MR) is 69.6 cm³/mol. The third kappa shape index (κ3) is 2.61. The van der Waals surface area contributed by atoms with Crippen LogP contribution in [-0.4, -0.2) is 18.8 Å². The normalized spacial score (nSPS) is 12.5. The van der Waals surface area contributed by atoms with E-state index in [1.807, 2.05) is 37.4 Å². The van der Waals surface area contributed by atoms with Gasteiger partial charge in [-0.25, -0.2) is 0 Å². The van der Waals surface area contributed by atoms with E-state index in [9.17, 15) is 0 Å². The van der Waals surface area contributed by atoms with Crippen LogP contribution < -0.4 is 19.5 Å². The quantitative estimate of drug-likeness (QED) is 0.912. The van der Waals surface area contributed by atoms with E-state index < -0.39 is 0 Å². The number of fused-ring (bicyclic) bond motifs is 1. The van der Waals surface area contributed by atoms with Gasteiger partial charge in [-0.05, 0) is 31.3 Å². The molecule has 0 amide bonds. The molecule has 0 bridgehead atoms. The Balaban J connectivity index is 1.74. The van der Waals surface area contributed by atoms with Crippen molar-refractivity contribution in [3.05, 3.63) is 42.2 Å². The molecule has 1 aliphatic heterocycles. The molecule has 98 valence electrons. The number of hydrogen-bond donors (Lipinski definition) is 1. The van der Waals surface area contributed by atoms with Gasteiger partial charge in [0.1, 0.15) is 11.5 Å². The minimum atomic E-state index is 0.263. The largest absolute Gasteiger partial charge is 0.456 e. The van der Waals surface area contributed by atoms with E-state index in [-0.39, 0.29) is 6.79 Å². The van der Waals surface area contributed by atoms with E-state index in [2.05, 4.69) is 10.3 Å². The molecule has 0 aliphatic carbocycles. The minimum Gasteiger partial charge on any atom is -0.456 e. The average Bonchev–Trinajstić information content (AvgIpc) is 2.89. The molecule has 1 aromatic heterocycles. The Labute approximate surface area is 111 Å². The number of pyridine rings is 1. The third-order valence-corrected chi connectivity index (χ3v) is 2.74. The molecule has 0 spiro atoms. The molecule has 0 fully saturated rings. The fourth-order valence-electron chi connectivity index (χ4n) is 1.83. The Morgan fingerprint density at radius 2 is 2.00 bits per heavy atom. The summed E-state index contributed by atoms with van der Waals surface area (Å²) in [6.07, 6.45) is 1.71. The van der Waals surface area contributed by atoms with E-state index in [4.69, 9.17) is 14.2 Å². The Morgan fingerprint density at radius 1 is 1.16 bits per heavy atom. The van der Waals surface area contributed by atoms with Gasteiger partial charge in [0, 0.05) is 12.6 Å². The van der Waals surface area contributed by atoms with Gasteiger partial charge in [0.25, 0.3) is 0 Å². The van der Waals surface area contributed by atoms with Crippen molar-refractivity contribution in [2.24, 2.45) is 0 Å². The number of nitrogens with zero attached hydrogens (tertiary/aromatic N) is 1. The lowest BCUT2D eigenvalue weighted by atomic mass is 10.3. The van der Waals surface area contributed by atoms with Crippen LogP contribution in [0.1, 0.15) is 5.69 Å². The molecule has 1 N–H and O–H groups in total. The highest BCUT2D eigenvalue weighted by Crippen LogP contribution is 2.36. The highest BCUT2D eigenvalue weighted by atomic mass is 16.7. The Morgan fingerprint density at radius 3 is 2.79 bits per heavy atom.